The van der Waals surface area contributed by atoms with Crippen molar-refractivity contribution in [3.8, 4) is 0 Å². The van der Waals surface area contributed by atoms with E-state index in [9.17, 15) is 4.79 Å². The van der Waals surface area contributed by atoms with E-state index in [-0.39, 0.29) is 6.42 Å². The molecule has 1 N–H and O–H groups in total. The van der Waals surface area contributed by atoms with Crippen LogP contribution < -0.4 is 0 Å². The molecule has 0 rings (SSSR count). The Balaban J connectivity index is 3.03. The number of hydrogen-bond acceptors (Lipinski definition) is 2. The SMILES string of the molecule is CCCC(O)CC=O. The number of carbonyl (C=O) groups excluding carboxylic acids is 1. The average molecular weight is 116 g/mol. The van der Waals surface area contributed by atoms with E-state index in [4.69, 9.17) is 5.11 Å². The lowest BCUT2D eigenvalue weighted by molar-refractivity contribution is -0.109. The van der Waals surface area contributed by atoms with Gasteiger partial charge < -0.3 is 9.90 Å². The largest absolute Gasteiger partial charge is 0.393 e. The maximum absolute atomic E-state index is 9.73. The molecule has 2 nitrogen and oxygen atoms in total. The molecule has 0 aromatic rings. The number of aliphatic hydroxyl groups excluding tert-OH is 1. The van der Waals surface area contributed by atoms with Gasteiger partial charge in [0.25, 0.3) is 0 Å². The van der Waals surface area contributed by atoms with Crippen LogP contribution in [0.3, 0.4) is 0 Å². The van der Waals surface area contributed by atoms with Crippen LogP contribution in [0.1, 0.15) is 26.2 Å². The fraction of sp³-hybridized carbons (Fsp3) is 0.833. The standard InChI is InChI=1S/C6H12O2/c1-2-3-6(8)4-5-7/h5-6,8H,2-4H2,1H3. The zero-order chi connectivity index (χ0) is 6.41. The maximum atomic E-state index is 9.73. The molecule has 2 heteroatoms. The van der Waals surface area contributed by atoms with Crippen LogP contribution in [0.4, 0.5) is 0 Å². The summed E-state index contributed by atoms with van der Waals surface area (Å²) in [5, 5.41) is 8.82. The molecule has 1 unspecified atom stereocenters. The highest BCUT2D eigenvalue weighted by atomic mass is 16.3. The van der Waals surface area contributed by atoms with Crippen LogP contribution in [0.15, 0.2) is 0 Å². The monoisotopic (exact) mass is 116 g/mol. The second-order valence-corrected chi connectivity index (χ2v) is 1.84. The summed E-state index contributed by atoms with van der Waals surface area (Å²) in [6, 6.07) is 0. The lowest BCUT2D eigenvalue weighted by Crippen LogP contribution is -2.05. The van der Waals surface area contributed by atoms with E-state index in [1.54, 1.807) is 0 Å². The summed E-state index contributed by atoms with van der Waals surface area (Å²) in [5.74, 6) is 0. The van der Waals surface area contributed by atoms with E-state index in [2.05, 4.69) is 0 Å². The molecular formula is C6H12O2. The lowest BCUT2D eigenvalue weighted by Gasteiger charge is -2.01. The van der Waals surface area contributed by atoms with Crippen molar-refractivity contribution < 1.29 is 9.90 Å². The van der Waals surface area contributed by atoms with E-state index in [1.165, 1.54) is 0 Å². The van der Waals surface area contributed by atoms with Crippen LogP contribution in [-0.2, 0) is 4.79 Å². The van der Waals surface area contributed by atoms with Crippen LogP contribution in [0.25, 0.3) is 0 Å². The van der Waals surface area contributed by atoms with Gasteiger partial charge in [-0.05, 0) is 6.42 Å². The first-order valence-corrected chi connectivity index (χ1v) is 2.93. The summed E-state index contributed by atoms with van der Waals surface area (Å²) in [6.45, 7) is 1.98. The first-order valence-electron chi connectivity index (χ1n) is 2.93. The van der Waals surface area contributed by atoms with Gasteiger partial charge in [-0.15, -0.1) is 0 Å². The highest BCUT2D eigenvalue weighted by Crippen LogP contribution is 1.97. The van der Waals surface area contributed by atoms with E-state index in [0.717, 1.165) is 19.1 Å². The Labute approximate surface area is 49.5 Å². The molecule has 0 saturated carbocycles. The van der Waals surface area contributed by atoms with Crippen molar-refractivity contribution in [1.29, 1.82) is 0 Å². The second kappa shape index (κ2) is 4.78. The summed E-state index contributed by atoms with van der Waals surface area (Å²) >= 11 is 0. The van der Waals surface area contributed by atoms with Gasteiger partial charge in [-0.1, -0.05) is 13.3 Å². The van der Waals surface area contributed by atoms with Crippen LogP contribution in [0, 0.1) is 0 Å². The minimum absolute atomic E-state index is 0.286. The smallest absolute Gasteiger partial charge is 0.122 e. The summed E-state index contributed by atoms with van der Waals surface area (Å²) in [4.78, 5) is 9.73. The molecule has 0 spiro atoms. The number of carbonyl (C=O) groups is 1. The number of rotatable bonds is 4. The number of aliphatic hydroxyl groups is 1. The fourth-order valence-electron chi connectivity index (χ4n) is 0.562. The van der Waals surface area contributed by atoms with Crippen LogP contribution in [0.5, 0.6) is 0 Å². The quantitative estimate of drug-likeness (QED) is 0.550. The molecule has 0 heterocycles. The molecule has 0 fully saturated rings. The second-order valence-electron chi connectivity index (χ2n) is 1.84. The van der Waals surface area contributed by atoms with Crippen molar-refractivity contribution in [1.82, 2.24) is 0 Å². The predicted molar refractivity (Wildman–Crippen MR) is 31.6 cm³/mol. The van der Waals surface area contributed by atoms with Crippen molar-refractivity contribution >= 4 is 6.29 Å². The summed E-state index contributed by atoms with van der Waals surface area (Å²) in [6.07, 6.45) is 2.31. The predicted octanol–water partition coefficient (Wildman–Crippen LogP) is 0.736. The zero-order valence-corrected chi connectivity index (χ0v) is 5.13. The van der Waals surface area contributed by atoms with Gasteiger partial charge in [0.1, 0.15) is 6.29 Å². The Hall–Kier alpha value is -0.370. The van der Waals surface area contributed by atoms with Gasteiger partial charge in [0, 0.05) is 6.42 Å². The fourth-order valence-corrected chi connectivity index (χ4v) is 0.562. The first-order chi connectivity index (χ1) is 3.81. The van der Waals surface area contributed by atoms with Gasteiger partial charge in [0.15, 0.2) is 0 Å². The van der Waals surface area contributed by atoms with Crippen molar-refractivity contribution in [2.45, 2.75) is 32.3 Å². The molecule has 1 atom stereocenters. The molecule has 0 aliphatic rings. The van der Waals surface area contributed by atoms with Gasteiger partial charge in [-0.2, -0.15) is 0 Å². The van der Waals surface area contributed by atoms with Gasteiger partial charge in [-0.25, -0.2) is 0 Å². The van der Waals surface area contributed by atoms with Crippen molar-refractivity contribution in [2.24, 2.45) is 0 Å². The average Bonchev–Trinajstić information content (AvgIpc) is 1.68. The van der Waals surface area contributed by atoms with Gasteiger partial charge >= 0.3 is 0 Å². The van der Waals surface area contributed by atoms with Crippen LogP contribution in [0.2, 0.25) is 0 Å². The lowest BCUT2D eigenvalue weighted by atomic mass is 10.2. The molecule has 0 aromatic carbocycles. The van der Waals surface area contributed by atoms with E-state index in [0.29, 0.717) is 0 Å². The molecule has 0 aliphatic heterocycles. The minimum Gasteiger partial charge on any atom is -0.393 e. The summed E-state index contributed by atoms with van der Waals surface area (Å²) < 4.78 is 0. The molecule has 0 aromatic heterocycles. The molecule has 0 saturated heterocycles. The highest BCUT2D eigenvalue weighted by molar-refractivity contribution is 5.49. The Kier molecular flexibility index (Phi) is 4.56. The van der Waals surface area contributed by atoms with Crippen molar-refractivity contribution in [3.63, 3.8) is 0 Å². The van der Waals surface area contributed by atoms with Crippen LogP contribution in [-0.4, -0.2) is 17.5 Å². The Morgan fingerprint density at radius 1 is 1.75 bits per heavy atom. The zero-order valence-electron chi connectivity index (χ0n) is 5.13. The van der Waals surface area contributed by atoms with E-state index in [1.807, 2.05) is 6.92 Å². The molecule has 0 aliphatic carbocycles. The summed E-state index contributed by atoms with van der Waals surface area (Å²) in [5.41, 5.74) is 0. The van der Waals surface area contributed by atoms with Crippen LogP contribution >= 0.6 is 0 Å². The molecule has 48 valence electrons. The number of aldehydes is 1. The van der Waals surface area contributed by atoms with Gasteiger partial charge in [0.05, 0.1) is 6.10 Å². The summed E-state index contributed by atoms with van der Waals surface area (Å²) in [7, 11) is 0. The molecule has 0 radical (unpaired) electrons. The van der Waals surface area contributed by atoms with Crippen molar-refractivity contribution in [2.75, 3.05) is 0 Å². The topological polar surface area (TPSA) is 37.3 Å². The Morgan fingerprint density at radius 3 is 2.75 bits per heavy atom. The Morgan fingerprint density at radius 2 is 2.38 bits per heavy atom. The molecular weight excluding hydrogens is 104 g/mol. The van der Waals surface area contributed by atoms with E-state index >= 15 is 0 Å². The molecule has 0 amide bonds. The normalized spacial score (nSPS) is 13.2. The van der Waals surface area contributed by atoms with Gasteiger partial charge in [-0.3, -0.25) is 0 Å². The maximum Gasteiger partial charge on any atom is 0.122 e. The third kappa shape index (κ3) is 3.81. The van der Waals surface area contributed by atoms with Gasteiger partial charge in [0.2, 0.25) is 0 Å². The number of hydrogen-bond donors (Lipinski definition) is 1. The molecule has 8 heavy (non-hydrogen) atoms. The van der Waals surface area contributed by atoms with Crippen molar-refractivity contribution in [3.05, 3.63) is 0 Å². The minimum atomic E-state index is -0.405. The third-order valence-corrected chi connectivity index (χ3v) is 0.990. The highest BCUT2D eigenvalue weighted by Gasteiger charge is 1.98. The third-order valence-electron chi connectivity index (χ3n) is 0.990. The molecule has 0 bridgehead atoms. The van der Waals surface area contributed by atoms with E-state index < -0.39 is 6.10 Å². The first kappa shape index (κ1) is 7.63. The Bertz CT molecular complexity index is 61.5.